The molecule has 1 unspecified atom stereocenters. The average molecular weight is 143 g/mol. The number of rotatable bonds is 6. The molecule has 0 saturated carbocycles. The van der Waals surface area contributed by atoms with Crippen LogP contribution in [-0.2, 0) is 0 Å². The minimum Gasteiger partial charge on any atom is -0.317 e. The van der Waals surface area contributed by atoms with Crippen LogP contribution >= 0.6 is 0 Å². The van der Waals surface area contributed by atoms with Gasteiger partial charge in [0.15, 0.2) is 0 Å². The summed E-state index contributed by atoms with van der Waals surface area (Å²) in [6.45, 7) is 9.02. The minimum absolute atomic E-state index is 0.907. The fourth-order valence-electron chi connectivity index (χ4n) is 1.21. The maximum absolute atomic E-state index is 3.38. The lowest BCUT2D eigenvalue weighted by Crippen LogP contribution is -2.21. The molecule has 62 valence electrons. The Bertz CT molecular complexity index is 61.7. The lowest BCUT2D eigenvalue weighted by Gasteiger charge is -2.12. The van der Waals surface area contributed by atoms with Crippen LogP contribution in [0.5, 0.6) is 0 Å². The molecule has 0 fully saturated rings. The first-order chi connectivity index (χ1) is 4.85. The van der Waals surface area contributed by atoms with Gasteiger partial charge in [0.2, 0.25) is 0 Å². The van der Waals surface area contributed by atoms with Crippen LogP contribution in [0.15, 0.2) is 0 Å². The van der Waals surface area contributed by atoms with Crippen LogP contribution in [0, 0.1) is 5.92 Å². The van der Waals surface area contributed by atoms with E-state index in [1.807, 2.05) is 0 Å². The molecule has 0 rings (SSSR count). The van der Waals surface area contributed by atoms with Gasteiger partial charge in [-0.2, -0.15) is 0 Å². The summed E-state index contributed by atoms with van der Waals surface area (Å²) in [5, 5.41) is 3.38. The Morgan fingerprint density at radius 2 is 1.90 bits per heavy atom. The van der Waals surface area contributed by atoms with Gasteiger partial charge in [-0.05, 0) is 25.4 Å². The van der Waals surface area contributed by atoms with Gasteiger partial charge in [0.05, 0.1) is 0 Å². The van der Waals surface area contributed by atoms with Crippen molar-refractivity contribution in [3.8, 4) is 0 Å². The van der Waals surface area contributed by atoms with E-state index < -0.39 is 0 Å². The molecule has 1 atom stereocenters. The van der Waals surface area contributed by atoms with Crippen molar-refractivity contribution in [2.75, 3.05) is 13.1 Å². The summed E-state index contributed by atoms with van der Waals surface area (Å²) in [7, 11) is 0. The summed E-state index contributed by atoms with van der Waals surface area (Å²) < 4.78 is 0. The highest BCUT2D eigenvalue weighted by atomic mass is 14.8. The van der Waals surface area contributed by atoms with Crippen LogP contribution in [0.1, 0.15) is 40.0 Å². The third kappa shape index (κ3) is 4.80. The van der Waals surface area contributed by atoms with Crippen molar-refractivity contribution < 1.29 is 0 Å². The van der Waals surface area contributed by atoms with E-state index in [0.717, 1.165) is 12.5 Å². The van der Waals surface area contributed by atoms with Gasteiger partial charge in [-0.15, -0.1) is 0 Å². The standard InChI is InChI=1S/C9H21N/c1-4-7-9(5-2)8-10-6-3/h9-10H,4-8H2,1-3H3. The Labute approximate surface area is 65.2 Å². The molecule has 0 aromatic heterocycles. The predicted molar refractivity (Wildman–Crippen MR) is 47.2 cm³/mol. The van der Waals surface area contributed by atoms with Crippen molar-refractivity contribution in [3.05, 3.63) is 0 Å². The molecule has 1 nitrogen and oxygen atoms in total. The summed E-state index contributed by atoms with van der Waals surface area (Å²) in [5.74, 6) is 0.907. The first-order valence-corrected chi connectivity index (χ1v) is 4.55. The third-order valence-electron chi connectivity index (χ3n) is 1.96. The summed E-state index contributed by atoms with van der Waals surface area (Å²) in [6.07, 6.45) is 4.02. The van der Waals surface area contributed by atoms with E-state index >= 15 is 0 Å². The molecule has 0 aliphatic rings. The maximum atomic E-state index is 3.38. The second-order valence-electron chi connectivity index (χ2n) is 2.87. The van der Waals surface area contributed by atoms with Crippen molar-refractivity contribution in [1.29, 1.82) is 0 Å². The lowest BCUT2D eigenvalue weighted by atomic mass is 10.0. The Hall–Kier alpha value is -0.0400. The van der Waals surface area contributed by atoms with Crippen LogP contribution in [0.2, 0.25) is 0 Å². The molecule has 0 saturated heterocycles. The smallest absolute Gasteiger partial charge is 0.00207 e. The zero-order chi connectivity index (χ0) is 7.82. The van der Waals surface area contributed by atoms with Gasteiger partial charge in [0.1, 0.15) is 0 Å². The van der Waals surface area contributed by atoms with Crippen LogP contribution in [-0.4, -0.2) is 13.1 Å². The summed E-state index contributed by atoms with van der Waals surface area (Å²) in [6, 6.07) is 0. The molecule has 0 spiro atoms. The van der Waals surface area contributed by atoms with E-state index in [0.29, 0.717) is 0 Å². The molecule has 0 heterocycles. The molecule has 0 aromatic rings. The van der Waals surface area contributed by atoms with E-state index in [2.05, 4.69) is 26.1 Å². The highest BCUT2D eigenvalue weighted by Crippen LogP contribution is 2.08. The van der Waals surface area contributed by atoms with Crippen molar-refractivity contribution in [3.63, 3.8) is 0 Å². The van der Waals surface area contributed by atoms with Gasteiger partial charge in [-0.3, -0.25) is 0 Å². The van der Waals surface area contributed by atoms with E-state index in [4.69, 9.17) is 0 Å². The zero-order valence-electron chi connectivity index (χ0n) is 7.61. The van der Waals surface area contributed by atoms with E-state index in [9.17, 15) is 0 Å². The van der Waals surface area contributed by atoms with E-state index in [1.54, 1.807) is 0 Å². The van der Waals surface area contributed by atoms with Crippen molar-refractivity contribution in [1.82, 2.24) is 5.32 Å². The van der Waals surface area contributed by atoms with Gasteiger partial charge in [0.25, 0.3) is 0 Å². The minimum atomic E-state index is 0.907. The lowest BCUT2D eigenvalue weighted by molar-refractivity contribution is 0.434. The van der Waals surface area contributed by atoms with Gasteiger partial charge in [0, 0.05) is 0 Å². The number of hydrogen-bond donors (Lipinski definition) is 1. The normalized spacial score (nSPS) is 13.5. The fraction of sp³-hybridized carbons (Fsp3) is 1.00. The Kier molecular flexibility index (Phi) is 7.04. The molecule has 10 heavy (non-hydrogen) atoms. The molecule has 0 amide bonds. The topological polar surface area (TPSA) is 12.0 Å². The SMILES string of the molecule is CCCC(CC)CNCC. The van der Waals surface area contributed by atoms with Crippen molar-refractivity contribution >= 4 is 0 Å². The van der Waals surface area contributed by atoms with Gasteiger partial charge in [-0.1, -0.05) is 33.6 Å². The molecule has 0 bridgehead atoms. The first kappa shape index (κ1) is 9.96. The molecular formula is C9H21N. The molecule has 0 aliphatic carbocycles. The molecular weight excluding hydrogens is 122 g/mol. The van der Waals surface area contributed by atoms with Crippen molar-refractivity contribution in [2.24, 2.45) is 5.92 Å². The van der Waals surface area contributed by atoms with Gasteiger partial charge in [-0.25, -0.2) is 0 Å². The Balaban J connectivity index is 3.21. The summed E-state index contributed by atoms with van der Waals surface area (Å²) in [5.41, 5.74) is 0. The molecule has 0 radical (unpaired) electrons. The summed E-state index contributed by atoms with van der Waals surface area (Å²) >= 11 is 0. The third-order valence-corrected chi connectivity index (χ3v) is 1.96. The van der Waals surface area contributed by atoms with E-state index in [-0.39, 0.29) is 0 Å². The molecule has 0 aromatic carbocycles. The first-order valence-electron chi connectivity index (χ1n) is 4.55. The van der Waals surface area contributed by atoms with Crippen molar-refractivity contribution in [2.45, 2.75) is 40.0 Å². The van der Waals surface area contributed by atoms with Crippen LogP contribution < -0.4 is 5.32 Å². The largest absolute Gasteiger partial charge is 0.317 e. The molecule has 1 N–H and O–H groups in total. The summed E-state index contributed by atoms with van der Waals surface area (Å²) in [4.78, 5) is 0. The Morgan fingerprint density at radius 1 is 1.20 bits per heavy atom. The second-order valence-corrected chi connectivity index (χ2v) is 2.87. The average Bonchev–Trinajstić information content (AvgIpc) is 1.98. The predicted octanol–water partition coefficient (Wildman–Crippen LogP) is 2.42. The zero-order valence-corrected chi connectivity index (χ0v) is 7.61. The quantitative estimate of drug-likeness (QED) is 0.602. The molecule has 1 heteroatoms. The molecule has 0 aliphatic heterocycles. The fourth-order valence-corrected chi connectivity index (χ4v) is 1.21. The van der Waals surface area contributed by atoms with Crippen LogP contribution in [0.25, 0.3) is 0 Å². The maximum Gasteiger partial charge on any atom is -0.00207 e. The van der Waals surface area contributed by atoms with Gasteiger partial charge < -0.3 is 5.32 Å². The number of hydrogen-bond acceptors (Lipinski definition) is 1. The highest BCUT2D eigenvalue weighted by Gasteiger charge is 2.01. The second kappa shape index (κ2) is 7.07. The van der Waals surface area contributed by atoms with E-state index in [1.165, 1.54) is 25.8 Å². The number of nitrogens with one attached hydrogen (secondary N) is 1. The Morgan fingerprint density at radius 3 is 2.30 bits per heavy atom. The van der Waals surface area contributed by atoms with Crippen LogP contribution in [0.4, 0.5) is 0 Å². The monoisotopic (exact) mass is 143 g/mol. The highest BCUT2D eigenvalue weighted by molar-refractivity contribution is 4.58. The van der Waals surface area contributed by atoms with Crippen LogP contribution in [0.3, 0.4) is 0 Å². The van der Waals surface area contributed by atoms with Gasteiger partial charge >= 0.3 is 0 Å².